The lowest BCUT2D eigenvalue weighted by Crippen LogP contribution is -2.24. The summed E-state index contributed by atoms with van der Waals surface area (Å²) in [5, 5.41) is 2.82. The molecule has 6 heteroatoms. The molecule has 1 heterocycles. The number of aliphatic imine (C=N–C) groups is 1. The van der Waals surface area contributed by atoms with Crippen molar-refractivity contribution in [2.75, 3.05) is 14.1 Å². The third kappa shape index (κ3) is 3.89. The third-order valence-electron chi connectivity index (χ3n) is 3.03. The van der Waals surface area contributed by atoms with Crippen molar-refractivity contribution in [1.82, 2.24) is 9.88 Å². The lowest BCUT2D eigenvalue weighted by molar-refractivity contribution is 0.595. The number of hydrogen-bond acceptors (Lipinski definition) is 3. The van der Waals surface area contributed by atoms with Crippen LogP contribution < -0.4 is 0 Å². The highest BCUT2D eigenvalue weighted by Crippen LogP contribution is 2.30. The van der Waals surface area contributed by atoms with E-state index in [-0.39, 0.29) is 11.9 Å². The van der Waals surface area contributed by atoms with Crippen molar-refractivity contribution < 1.29 is 4.39 Å². The van der Waals surface area contributed by atoms with Crippen LogP contribution in [0.15, 0.2) is 39.2 Å². The monoisotopic (exact) mass is 369 g/mol. The van der Waals surface area contributed by atoms with Gasteiger partial charge in [0, 0.05) is 30.1 Å². The van der Waals surface area contributed by atoms with Crippen LogP contribution >= 0.6 is 27.3 Å². The van der Waals surface area contributed by atoms with Crippen molar-refractivity contribution >= 4 is 33.1 Å². The molecule has 21 heavy (non-hydrogen) atoms. The zero-order valence-electron chi connectivity index (χ0n) is 12.2. The Kier molecular flexibility index (Phi) is 5.47. The maximum absolute atomic E-state index is 13.2. The van der Waals surface area contributed by atoms with E-state index in [2.05, 4.69) is 27.8 Å². The summed E-state index contributed by atoms with van der Waals surface area (Å²) in [5.41, 5.74) is 0.981. The summed E-state index contributed by atoms with van der Waals surface area (Å²) in [4.78, 5) is 11.1. The van der Waals surface area contributed by atoms with Gasteiger partial charge in [0.25, 0.3) is 0 Å². The second-order valence-electron chi connectivity index (χ2n) is 4.77. The summed E-state index contributed by atoms with van der Waals surface area (Å²) in [7, 11) is 3.90. The van der Waals surface area contributed by atoms with Crippen molar-refractivity contribution in [2.45, 2.75) is 19.4 Å². The van der Waals surface area contributed by atoms with Gasteiger partial charge in [-0.15, -0.1) is 11.3 Å². The van der Waals surface area contributed by atoms with E-state index in [1.165, 1.54) is 12.1 Å². The van der Waals surface area contributed by atoms with Gasteiger partial charge in [0.05, 0.1) is 6.04 Å². The van der Waals surface area contributed by atoms with Crippen LogP contribution in [-0.4, -0.2) is 29.8 Å². The highest BCUT2D eigenvalue weighted by Gasteiger charge is 2.16. The minimum atomic E-state index is -0.253. The molecule has 2 aromatic rings. The molecule has 0 saturated heterocycles. The molecule has 0 N–H and O–H groups in total. The van der Waals surface area contributed by atoms with Gasteiger partial charge < -0.3 is 4.90 Å². The summed E-state index contributed by atoms with van der Waals surface area (Å²) in [6.07, 6.45) is 2.60. The molecule has 0 radical (unpaired) electrons. The number of aromatic nitrogens is 1. The summed E-state index contributed by atoms with van der Waals surface area (Å²) < 4.78 is 14.0. The van der Waals surface area contributed by atoms with Gasteiger partial charge in [-0.1, -0.05) is 28.9 Å². The van der Waals surface area contributed by atoms with E-state index in [4.69, 9.17) is 4.99 Å². The first-order valence-corrected chi connectivity index (χ1v) is 8.30. The average Bonchev–Trinajstić information content (AvgIpc) is 2.94. The molecule has 0 fully saturated rings. The topological polar surface area (TPSA) is 28.5 Å². The average molecular weight is 370 g/mol. The van der Waals surface area contributed by atoms with Gasteiger partial charge >= 0.3 is 0 Å². The number of halogens is 2. The van der Waals surface area contributed by atoms with Crippen molar-refractivity contribution in [1.29, 1.82) is 0 Å². The minimum absolute atomic E-state index is 0.0405. The molecular formula is C15H17BrFN3S. The van der Waals surface area contributed by atoms with Crippen molar-refractivity contribution in [3.8, 4) is 0 Å². The van der Waals surface area contributed by atoms with Gasteiger partial charge in [0.15, 0.2) is 10.8 Å². The molecule has 0 unspecified atom stereocenters. The molecule has 1 aromatic carbocycles. The van der Waals surface area contributed by atoms with Crippen molar-refractivity contribution in [3.63, 3.8) is 0 Å². The molecule has 2 rings (SSSR count). The normalized spacial score (nSPS) is 13.3. The van der Waals surface area contributed by atoms with Crippen LogP contribution in [0.5, 0.6) is 0 Å². The first kappa shape index (κ1) is 16.1. The molecule has 0 aliphatic rings. The van der Waals surface area contributed by atoms with E-state index in [0.29, 0.717) is 0 Å². The van der Waals surface area contributed by atoms with Crippen LogP contribution in [-0.2, 0) is 0 Å². The van der Waals surface area contributed by atoms with E-state index >= 15 is 0 Å². The lowest BCUT2D eigenvalue weighted by atomic mass is 10.1. The van der Waals surface area contributed by atoms with Crippen LogP contribution in [0, 0.1) is 5.82 Å². The SMILES string of the molecule is CC[C@@H](N=C(c1nccs1)N(C)C)c1ccc(F)cc1Br. The van der Waals surface area contributed by atoms with Gasteiger partial charge in [-0.2, -0.15) is 0 Å². The lowest BCUT2D eigenvalue weighted by Gasteiger charge is -2.19. The molecule has 0 saturated carbocycles. The Morgan fingerprint density at radius 1 is 1.48 bits per heavy atom. The fraction of sp³-hybridized carbons (Fsp3) is 0.333. The summed E-state index contributed by atoms with van der Waals surface area (Å²) in [5.74, 6) is 0.588. The molecule has 1 atom stereocenters. The number of benzene rings is 1. The summed E-state index contributed by atoms with van der Waals surface area (Å²) in [6.45, 7) is 2.07. The third-order valence-corrected chi connectivity index (χ3v) is 4.49. The minimum Gasteiger partial charge on any atom is -0.361 e. The fourth-order valence-electron chi connectivity index (χ4n) is 2.00. The zero-order valence-corrected chi connectivity index (χ0v) is 14.6. The Morgan fingerprint density at radius 2 is 2.24 bits per heavy atom. The maximum Gasteiger partial charge on any atom is 0.160 e. The summed E-state index contributed by atoms with van der Waals surface area (Å²) in [6, 6.07) is 4.69. The number of nitrogens with zero attached hydrogens (tertiary/aromatic N) is 3. The highest BCUT2D eigenvalue weighted by atomic mass is 79.9. The molecule has 0 bridgehead atoms. The molecule has 0 aliphatic carbocycles. The van der Waals surface area contributed by atoms with E-state index < -0.39 is 0 Å². The van der Waals surface area contributed by atoms with Gasteiger partial charge in [0.1, 0.15) is 5.82 Å². The van der Waals surface area contributed by atoms with Crippen LogP contribution in [0.3, 0.4) is 0 Å². The first-order chi connectivity index (χ1) is 10.0. The van der Waals surface area contributed by atoms with E-state index in [9.17, 15) is 4.39 Å². The molecule has 0 spiro atoms. The molecule has 3 nitrogen and oxygen atoms in total. The zero-order chi connectivity index (χ0) is 15.4. The second kappa shape index (κ2) is 7.13. The van der Waals surface area contributed by atoms with Crippen molar-refractivity contribution in [2.24, 2.45) is 4.99 Å². The predicted molar refractivity (Wildman–Crippen MR) is 89.5 cm³/mol. The molecule has 0 amide bonds. The van der Waals surface area contributed by atoms with E-state index in [1.54, 1.807) is 23.6 Å². The van der Waals surface area contributed by atoms with E-state index in [1.807, 2.05) is 24.4 Å². The van der Waals surface area contributed by atoms with Crippen LogP contribution in [0.25, 0.3) is 0 Å². The Balaban J connectivity index is 2.42. The van der Waals surface area contributed by atoms with Gasteiger partial charge in [-0.05, 0) is 24.1 Å². The first-order valence-electron chi connectivity index (χ1n) is 6.62. The quantitative estimate of drug-likeness (QED) is 0.586. The van der Waals surface area contributed by atoms with Crippen molar-refractivity contribution in [3.05, 3.63) is 50.6 Å². The standard InChI is InChI=1S/C15H17BrFN3S/c1-4-13(11-6-5-10(17)9-12(11)16)19-14(20(2)3)15-18-7-8-21-15/h5-9,13H,4H2,1-3H3/t13-/m1/s1. The molecule has 1 aromatic heterocycles. The fourth-order valence-corrected chi connectivity index (χ4v) is 3.32. The maximum atomic E-state index is 13.2. The Labute approximate surface area is 136 Å². The molecular weight excluding hydrogens is 353 g/mol. The van der Waals surface area contributed by atoms with Crippen LogP contribution in [0.1, 0.15) is 30.0 Å². The highest BCUT2D eigenvalue weighted by molar-refractivity contribution is 9.10. The number of thiazole rings is 1. The predicted octanol–water partition coefficient (Wildman–Crippen LogP) is 4.50. The molecule has 0 aliphatic heterocycles. The molecule has 112 valence electrons. The number of rotatable bonds is 4. The van der Waals surface area contributed by atoms with Crippen LogP contribution in [0.4, 0.5) is 4.39 Å². The van der Waals surface area contributed by atoms with Gasteiger partial charge in [-0.3, -0.25) is 4.99 Å². The Bertz CT molecular complexity index is 626. The van der Waals surface area contributed by atoms with Gasteiger partial charge in [0.2, 0.25) is 0 Å². The van der Waals surface area contributed by atoms with Crippen LogP contribution in [0.2, 0.25) is 0 Å². The van der Waals surface area contributed by atoms with Gasteiger partial charge in [-0.25, -0.2) is 9.37 Å². The Morgan fingerprint density at radius 3 is 2.76 bits per heavy atom. The smallest absolute Gasteiger partial charge is 0.160 e. The summed E-state index contributed by atoms with van der Waals surface area (Å²) >= 11 is 4.99. The largest absolute Gasteiger partial charge is 0.361 e. The number of hydrogen-bond donors (Lipinski definition) is 0. The Hall–Kier alpha value is -1.27. The second-order valence-corrected chi connectivity index (χ2v) is 6.52. The van der Waals surface area contributed by atoms with E-state index in [0.717, 1.165) is 27.3 Å². The number of amidine groups is 1.